The molecule has 2 heterocycles. The highest BCUT2D eigenvalue weighted by atomic mass is 16.2. The van der Waals surface area contributed by atoms with E-state index >= 15 is 0 Å². The fourth-order valence-corrected chi connectivity index (χ4v) is 2.72. The second-order valence-electron chi connectivity index (χ2n) is 6.24. The highest BCUT2D eigenvalue weighted by molar-refractivity contribution is 5.94. The third-order valence-electron chi connectivity index (χ3n) is 4.15. The number of piperazine rings is 1. The van der Waals surface area contributed by atoms with Gasteiger partial charge < -0.3 is 20.0 Å². The van der Waals surface area contributed by atoms with Crippen molar-refractivity contribution in [2.45, 2.75) is 0 Å². The minimum Gasteiger partial charge on any atom is -0.335 e. The summed E-state index contributed by atoms with van der Waals surface area (Å²) in [6, 6.07) is 9.56. The van der Waals surface area contributed by atoms with E-state index < -0.39 is 0 Å². The summed E-state index contributed by atoms with van der Waals surface area (Å²) >= 11 is 0. The molecule has 1 aliphatic rings. The van der Waals surface area contributed by atoms with E-state index in [1.165, 1.54) is 12.4 Å². The molecule has 0 atom stereocenters. The minimum absolute atomic E-state index is 0.0308. The van der Waals surface area contributed by atoms with E-state index in [-0.39, 0.29) is 11.9 Å². The van der Waals surface area contributed by atoms with Crippen LogP contribution in [0.4, 0.5) is 16.4 Å². The van der Waals surface area contributed by atoms with E-state index in [2.05, 4.69) is 15.3 Å². The number of amides is 3. The Morgan fingerprint density at radius 1 is 0.962 bits per heavy atom. The monoisotopic (exact) mass is 354 g/mol. The van der Waals surface area contributed by atoms with Crippen molar-refractivity contribution in [1.82, 2.24) is 24.7 Å². The van der Waals surface area contributed by atoms with Crippen molar-refractivity contribution >= 4 is 23.6 Å². The van der Waals surface area contributed by atoms with Crippen molar-refractivity contribution in [2.24, 2.45) is 0 Å². The Kier molecular flexibility index (Phi) is 5.31. The molecule has 1 fully saturated rings. The van der Waals surface area contributed by atoms with E-state index in [9.17, 15) is 9.59 Å². The zero-order chi connectivity index (χ0) is 18.5. The quantitative estimate of drug-likeness (QED) is 0.907. The van der Waals surface area contributed by atoms with E-state index in [4.69, 9.17) is 0 Å². The van der Waals surface area contributed by atoms with Crippen LogP contribution in [0.3, 0.4) is 0 Å². The third-order valence-corrected chi connectivity index (χ3v) is 4.15. The van der Waals surface area contributed by atoms with Crippen molar-refractivity contribution in [3.05, 3.63) is 48.3 Å². The van der Waals surface area contributed by atoms with Gasteiger partial charge in [0.1, 0.15) is 0 Å². The van der Waals surface area contributed by atoms with Crippen molar-refractivity contribution in [1.29, 1.82) is 0 Å². The molecule has 8 heteroatoms. The number of benzene rings is 1. The lowest BCUT2D eigenvalue weighted by Gasteiger charge is -2.35. The number of anilines is 2. The zero-order valence-electron chi connectivity index (χ0n) is 14.9. The largest absolute Gasteiger partial charge is 0.335 e. The fourth-order valence-electron chi connectivity index (χ4n) is 2.72. The predicted octanol–water partition coefficient (Wildman–Crippen LogP) is 1.66. The average Bonchev–Trinajstić information content (AvgIpc) is 2.68. The molecular formula is C18H22N6O2. The number of carbonyl (C=O) groups excluding carboxylic acids is 2. The van der Waals surface area contributed by atoms with E-state index in [1.54, 1.807) is 28.8 Å². The van der Waals surface area contributed by atoms with Gasteiger partial charge >= 0.3 is 6.03 Å². The summed E-state index contributed by atoms with van der Waals surface area (Å²) in [6.07, 6.45) is 3.05. The molecule has 1 saturated heterocycles. The molecule has 26 heavy (non-hydrogen) atoms. The second-order valence-corrected chi connectivity index (χ2v) is 6.24. The molecular weight excluding hydrogens is 332 g/mol. The number of para-hydroxylation sites is 1. The van der Waals surface area contributed by atoms with Crippen LogP contribution in [0.15, 0.2) is 42.7 Å². The lowest BCUT2D eigenvalue weighted by molar-refractivity contribution is 0.0649. The maximum Gasteiger partial charge on any atom is 0.319 e. The van der Waals surface area contributed by atoms with Crippen LogP contribution in [-0.4, -0.2) is 76.9 Å². The zero-order valence-corrected chi connectivity index (χ0v) is 14.9. The van der Waals surface area contributed by atoms with Crippen LogP contribution in [-0.2, 0) is 0 Å². The van der Waals surface area contributed by atoms with Crippen LogP contribution in [0, 0.1) is 0 Å². The van der Waals surface area contributed by atoms with Gasteiger partial charge in [-0.05, 0) is 12.1 Å². The van der Waals surface area contributed by atoms with Gasteiger partial charge in [0.15, 0.2) is 0 Å². The van der Waals surface area contributed by atoms with Crippen LogP contribution in [0.25, 0.3) is 0 Å². The summed E-state index contributed by atoms with van der Waals surface area (Å²) in [7, 11) is 3.45. The van der Waals surface area contributed by atoms with Gasteiger partial charge in [0, 0.05) is 58.4 Å². The van der Waals surface area contributed by atoms with Crippen LogP contribution >= 0.6 is 0 Å². The number of nitrogens with one attached hydrogen (secondary N) is 1. The molecule has 136 valence electrons. The molecule has 1 aromatic heterocycles. The number of aromatic nitrogens is 2. The first kappa shape index (κ1) is 17.7. The van der Waals surface area contributed by atoms with Gasteiger partial charge in [0.2, 0.25) is 5.95 Å². The SMILES string of the molecule is CN(C)C(=O)N1CCN(C(=O)c2cnc(Nc3ccccc3)nc2)CC1. The number of carbonyl (C=O) groups is 2. The number of nitrogens with zero attached hydrogens (tertiary/aromatic N) is 5. The Bertz CT molecular complexity index is 755. The lowest BCUT2D eigenvalue weighted by atomic mass is 10.2. The average molecular weight is 354 g/mol. The summed E-state index contributed by atoms with van der Waals surface area (Å²) in [6.45, 7) is 2.05. The van der Waals surface area contributed by atoms with E-state index in [0.29, 0.717) is 37.7 Å². The van der Waals surface area contributed by atoms with Crippen LogP contribution in [0.5, 0.6) is 0 Å². The van der Waals surface area contributed by atoms with Crippen molar-refractivity contribution in [2.75, 3.05) is 45.6 Å². The van der Waals surface area contributed by atoms with Gasteiger partial charge in [0.05, 0.1) is 5.56 Å². The van der Waals surface area contributed by atoms with Gasteiger partial charge in [-0.1, -0.05) is 18.2 Å². The molecule has 3 rings (SSSR count). The number of hydrogen-bond donors (Lipinski definition) is 1. The first-order valence-electron chi connectivity index (χ1n) is 8.44. The Hall–Kier alpha value is -3.16. The summed E-state index contributed by atoms with van der Waals surface area (Å²) < 4.78 is 0. The first-order valence-corrected chi connectivity index (χ1v) is 8.44. The van der Waals surface area contributed by atoms with Crippen molar-refractivity contribution in [3.8, 4) is 0 Å². The first-order chi connectivity index (χ1) is 12.5. The minimum atomic E-state index is -0.117. The number of urea groups is 1. The molecule has 0 aliphatic carbocycles. The van der Waals surface area contributed by atoms with Gasteiger partial charge in [-0.2, -0.15) is 0 Å². The lowest BCUT2D eigenvalue weighted by Crippen LogP contribution is -2.52. The standard InChI is InChI=1S/C18H22N6O2/c1-22(2)18(26)24-10-8-23(9-11-24)16(25)14-12-19-17(20-13-14)21-15-6-4-3-5-7-15/h3-7,12-13H,8-11H2,1-2H3,(H,19,20,21). The smallest absolute Gasteiger partial charge is 0.319 e. The van der Waals surface area contributed by atoms with Crippen LogP contribution in [0.1, 0.15) is 10.4 Å². The highest BCUT2D eigenvalue weighted by Gasteiger charge is 2.25. The third kappa shape index (κ3) is 4.08. The topological polar surface area (TPSA) is 81.7 Å². The normalized spacial score (nSPS) is 14.1. The molecule has 1 aliphatic heterocycles. The Morgan fingerprint density at radius 3 is 2.12 bits per heavy atom. The van der Waals surface area contributed by atoms with Crippen molar-refractivity contribution in [3.63, 3.8) is 0 Å². The van der Waals surface area contributed by atoms with Crippen LogP contribution in [0.2, 0.25) is 0 Å². The molecule has 2 aromatic rings. The number of hydrogen-bond acceptors (Lipinski definition) is 5. The number of rotatable bonds is 3. The molecule has 0 radical (unpaired) electrons. The van der Waals surface area contributed by atoms with Crippen LogP contribution < -0.4 is 5.32 Å². The highest BCUT2D eigenvalue weighted by Crippen LogP contribution is 2.13. The molecule has 3 amide bonds. The Labute approximate surface area is 152 Å². The van der Waals surface area contributed by atoms with Gasteiger partial charge in [-0.15, -0.1) is 0 Å². The molecule has 0 unspecified atom stereocenters. The Balaban J connectivity index is 1.58. The second kappa shape index (κ2) is 7.81. The molecule has 0 saturated carbocycles. The molecule has 1 aromatic carbocycles. The molecule has 0 spiro atoms. The fraction of sp³-hybridized carbons (Fsp3) is 0.333. The molecule has 8 nitrogen and oxygen atoms in total. The van der Waals surface area contributed by atoms with Gasteiger partial charge in [-0.3, -0.25) is 4.79 Å². The van der Waals surface area contributed by atoms with Gasteiger partial charge in [-0.25, -0.2) is 14.8 Å². The van der Waals surface area contributed by atoms with Crippen molar-refractivity contribution < 1.29 is 9.59 Å². The summed E-state index contributed by atoms with van der Waals surface area (Å²) in [4.78, 5) is 38.0. The Morgan fingerprint density at radius 2 is 1.54 bits per heavy atom. The maximum atomic E-state index is 12.6. The summed E-state index contributed by atoms with van der Waals surface area (Å²) in [5.41, 5.74) is 1.32. The maximum absolute atomic E-state index is 12.6. The summed E-state index contributed by atoms with van der Waals surface area (Å²) in [5.74, 6) is 0.322. The molecule has 0 bridgehead atoms. The van der Waals surface area contributed by atoms with Gasteiger partial charge in [0.25, 0.3) is 5.91 Å². The molecule has 1 N–H and O–H groups in total. The predicted molar refractivity (Wildman–Crippen MR) is 98.3 cm³/mol. The van der Waals surface area contributed by atoms with E-state index in [0.717, 1.165) is 5.69 Å². The van der Waals surface area contributed by atoms with E-state index in [1.807, 2.05) is 30.3 Å². The summed E-state index contributed by atoms with van der Waals surface area (Å²) in [5, 5.41) is 3.08.